The van der Waals surface area contributed by atoms with Crippen molar-refractivity contribution in [2.24, 2.45) is 5.73 Å². The number of aryl methyl sites for hydroxylation is 1. The summed E-state index contributed by atoms with van der Waals surface area (Å²) in [5.41, 5.74) is 6.27. The van der Waals surface area contributed by atoms with Crippen LogP contribution in [0.15, 0.2) is 5.38 Å². The van der Waals surface area contributed by atoms with Crippen molar-refractivity contribution in [1.82, 2.24) is 9.88 Å². The molecular weight excluding hydrogens is 287 g/mol. The van der Waals surface area contributed by atoms with Gasteiger partial charge < -0.3 is 5.73 Å². The molecule has 0 aliphatic rings. The molecule has 7 heteroatoms. The predicted molar refractivity (Wildman–Crippen MR) is 75.7 cm³/mol. The molecule has 0 spiro atoms. The first-order chi connectivity index (χ1) is 9.16. The number of thiazole rings is 1. The van der Waals surface area contributed by atoms with E-state index in [4.69, 9.17) is 5.73 Å². The largest absolute Gasteiger partial charge is 0.389 e. The average molecular weight is 309 g/mol. The molecule has 0 radical (unpaired) electrons. The molecule has 1 aromatic rings. The zero-order chi connectivity index (χ0) is 15.4. The molecule has 1 heterocycles. The highest BCUT2D eigenvalue weighted by atomic mass is 32.1. The summed E-state index contributed by atoms with van der Waals surface area (Å²) >= 11 is 1.57. The topological polar surface area (TPSA) is 42.2 Å². The van der Waals surface area contributed by atoms with Crippen LogP contribution in [-0.4, -0.2) is 35.2 Å². The van der Waals surface area contributed by atoms with Crippen LogP contribution in [0.3, 0.4) is 0 Å². The fourth-order valence-corrected chi connectivity index (χ4v) is 2.64. The molecule has 0 bridgehead atoms. The predicted octanol–water partition coefficient (Wildman–Crippen LogP) is 3.33. The molecule has 0 saturated carbocycles. The van der Waals surface area contributed by atoms with Gasteiger partial charge in [-0.3, -0.25) is 4.90 Å². The SMILES string of the molecule is Cc1nc(CN(C)C(C)(CN)CCCC(F)(F)F)cs1. The van der Waals surface area contributed by atoms with Gasteiger partial charge in [0, 0.05) is 30.4 Å². The first kappa shape index (κ1) is 17.4. The van der Waals surface area contributed by atoms with Crippen LogP contribution in [0, 0.1) is 6.92 Å². The highest BCUT2D eigenvalue weighted by Crippen LogP contribution is 2.27. The molecule has 0 amide bonds. The van der Waals surface area contributed by atoms with Crippen molar-refractivity contribution >= 4 is 11.3 Å². The van der Waals surface area contributed by atoms with Crippen molar-refractivity contribution in [3.05, 3.63) is 16.1 Å². The van der Waals surface area contributed by atoms with Crippen LogP contribution in [0.5, 0.6) is 0 Å². The number of halogens is 3. The Labute approximate surface area is 122 Å². The minimum atomic E-state index is -4.10. The number of hydrogen-bond donors (Lipinski definition) is 1. The van der Waals surface area contributed by atoms with Crippen LogP contribution in [0.4, 0.5) is 13.2 Å². The fourth-order valence-electron chi connectivity index (χ4n) is 2.03. The molecule has 0 aliphatic heterocycles. The maximum Gasteiger partial charge on any atom is 0.389 e. The molecule has 0 fully saturated rings. The van der Waals surface area contributed by atoms with Gasteiger partial charge in [0.25, 0.3) is 0 Å². The molecule has 0 aliphatic carbocycles. The summed E-state index contributed by atoms with van der Waals surface area (Å²) in [6.07, 6.45) is -4.34. The lowest BCUT2D eigenvalue weighted by atomic mass is 9.93. The van der Waals surface area contributed by atoms with E-state index in [1.165, 1.54) is 0 Å². The number of nitrogens with zero attached hydrogens (tertiary/aromatic N) is 2. The van der Waals surface area contributed by atoms with Crippen LogP contribution in [0.1, 0.15) is 36.9 Å². The third-order valence-electron chi connectivity index (χ3n) is 3.60. The van der Waals surface area contributed by atoms with E-state index in [2.05, 4.69) is 4.98 Å². The summed E-state index contributed by atoms with van der Waals surface area (Å²) in [6, 6.07) is 0. The maximum atomic E-state index is 12.2. The maximum absolute atomic E-state index is 12.2. The number of likely N-dealkylation sites (N-methyl/N-ethyl adjacent to an activating group) is 1. The molecule has 3 nitrogen and oxygen atoms in total. The lowest BCUT2D eigenvalue weighted by Gasteiger charge is -2.38. The number of nitrogens with two attached hydrogens (primary N) is 1. The third kappa shape index (κ3) is 5.38. The Bertz CT molecular complexity index is 419. The van der Waals surface area contributed by atoms with E-state index in [9.17, 15) is 13.2 Å². The summed E-state index contributed by atoms with van der Waals surface area (Å²) in [7, 11) is 1.88. The molecule has 116 valence electrons. The zero-order valence-corrected chi connectivity index (χ0v) is 12.9. The number of alkyl halides is 3. The second-order valence-corrected chi connectivity index (χ2v) is 6.45. The Kier molecular flexibility index (Phi) is 5.97. The molecule has 1 aromatic heterocycles. The van der Waals surface area contributed by atoms with Gasteiger partial charge in [-0.2, -0.15) is 13.2 Å². The third-order valence-corrected chi connectivity index (χ3v) is 4.42. The van der Waals surface area contributed by atoms with Crippen molar-refractivity contribution in [3.8, 4) is 0 Å². The minimum absolute atomic E-state index is 0.0949. The Morgan fingerprint density at radius 3 is 2.45 bits per heavy atom. The molecule has 1 atom stereocenters. The Hall–Kier alpha value is -0.660. The van der Waals surface area contributed by atoms with E-state index >= 15 is 0 Å². The molecule has 0 saturated heterocycles. The Morgan fingerprint density at radius 1 is 1.35 bits per heavy atom. The van der Waals surface area contributed by atoms with Gasteiger partial charge in [0.15, 0.2) is 0 Å². The molecule has 20 heavy (non-hydrogen) atoms. The van der Waals surface area contributed by atoms with E-state index in [0.717, 1.165) is 10.7 Å². The quantitative estimate of drug-likeness (QED) is 0.840. The summed E-state index contributed by atoms with van der Waals surface area (Å²) < 4.78 is 36.7. The highest BCUT2D eigenvalue weighted by Gasteiger charge is 2.31. The Balaban J connectivity index is 2.57. The van der Waals surface area contributed by atoms with Gasteiger partial charge in [-0.05, 0) is 33.7 Å². The summed E-state index contributed by atoms with van der Waals surface area (Å²) in [5.74, 6) is 0. The van der Waals surface area contributed by atoms with Gasteiger partial charge in [0.05, 0.1) is 10.7 Å². The van der Waals surface area contributed by atoms with Gasteiger partial charge in [-0.25, -0.2) is 4.98 Å². The Morgan fingerprint density at radius 2 is 2.00 bits per heavy atom. The summed E-state index contributed by atoms with van der Waals surface area (Å²) in [5, 5.41) is 2.96. The first-order valence-electron chi connectivity index (χ1n) is 6.55. The second kappa shape index (κ2) is 6.87. The lowest BCUT2D eigenvalue weighted by Crippen LogP contribution is -2.49. The second-order valence-electron chi connectivity index (χ2n) is 5.38. The van der Waals surface area contributed by atoms with E-state index in [1.54, 1.807) is 11.3 Å². The lowest BCUT2D eigenvalue weighted by molar-refractivity contribution is -0.136. The van der Waals surface area contributed by atoms with Crippen LogP contribution >= 0.6 is 11.3 Å². The van der Waals surface area contributed by atoms with E-state index in [0.29, 0.717) is 19.5 Å². The molecule has 2 N–H and O–H groups in total. The number of aromatic nitrogens is 1. The zero-order valence-electron chi connectivity index (χ0n) is 12.1. The van der Waals surface area contributed by atoms with E-state index < -0.39 is 18.1 Å². The minimum Gasteiger partial charge on any atom is -0.329 e. The highest BCUT2D eigenvalue weighted by molar-refractivity contribution is 7.09. The normalized spacial score (nSPS) is 15.6. The molecular formula is C13H22F3N3S. The van der Waals surface area contributed by atoms with Crippen molar-refractivity contribution < 1.29 is 13.2 Å². The van der Waals surface area contributed by atoms with Gasteiger partial charge in [-0.1, -0.05) is 0 Å². The first-order valence-corrected chi connectivity index (χ1v) is 7.43. The van der Waals surface area contributed by atoms with Gasteiger partial charge in [-0.15, -0.1) is 11.3 Å². The smallest absolute Gasteiger partial charge is 0.329 e. The van der Waals surface area contributed by atoms with Crippen molar-refractivity contribution in [3.63, 3.8) is 0 Å². The molecule has 1 unspecified atom stereocenters. The van der Waals surface area contributed by atoms with Gasteiger partial charge in [0.2, 0.25) is 0 Å². The standard InChI is InChI=1S/C13H22F3N3S/c1-10-18-11(8-20-10)7-19(3)12(2,9-17)5-4-6-13(14,15)16/h8H,4-7,9,17H2,1-3H3. The van der Waals surface area contributed by atoms with Crippen LogP contribution < -0.4 is 5.73 Å². The van der Waals surface area contributed by atoms with E-state index in [-0.39, 0.29) is 6.42 Å². The average Bonchev–Trinajstić information content (AvgIpc) is 2.72. The van der Waals surface area contributed by atoms with Crippen molar-refractivity contribution in [1.29, 1.82) is 0 Å². The van der Waals surface area contributed by atoms with Crippen molar-refractivity contribution in [2.75, 3.05) is 13.6 Å². The number of hydrogen-bond acceptors (Lipinski definition) is 4. The number of rotatable bonds is 7. The van der Waals surface area contributed by atoms with E-state index in [1.807, 2.05) is 31.2 Å². The van der Waals surface area contributed by atoms with Crippen molar-refractivity contribution in [2.45, 2.75) is 51.4 Å². The van der Waals surface area contributed by atoms with Gasteiger partial charge in [0.1, 0.15) is 0 Å². The summed E-state index contributed by atoms with van der Waals surface area (Å²) in [6.45, 7) is 4.76. The van der Waals surface area contributed by atoms with Gasteiger partial charge >= 0.3 is 6.18 Å². The van der Waals surface area contributed by atoms with Crippen LogP contribution in [-0.2, 0) is 6.54 Å². The summed E-state index contributed by atoms with van der Waals surface area (Å²) in [4.78, 5) is 6.37. The molecule has 0 aromatic carbocycles. The molecule has 1 rings (SSSR count). The van der Waals surface area contributed by atoms with Crippen LogP contribution in [0.25, 0.3) is 0 Å². The monoisotopic (exact) mass is 309 g/mol. The van der Waals surface area contributed by atoms with Crippen LogP contribution in [0.2, 0.25) is 0 Å². The fraction of sp³-hybridized carbons (Fsp3) is 0.769.